The van der Waals surface area contributed by atoms with E-state index in [4.69, 9.17) is 4.74 Å². The van der Waals surface area contributed by atoms with Crippen molar-refractivity contribution in [3.05, 3.63) is 65.0 Å². The van der Waals surface area contributed by atoms with E-state index in [1.807, 2.05) is 12.1 Å². The molecule has 1 aromatic heterocycles. The third-order valence-corrected chi connectivity index (χ3v) is 5.22. The maximum Gasteiger partial charge on any atom is 0.416 e. The lowest BCUT2D eigenvalue weighted by Gasteiger charge is -2.32. The van der Waals surface area contributed by atoms with E-state index in [9.17, 15) is 13.2 Å². The first kappa shape index (κ1) is 18.4. The summed E-state index contributed by atoms with van der Waals surface area (Å²) in [5.74, 6) is 0.821. The molecule has 0 radical (unpaired) electrons. The largest absolute Gasteiger partial charge is 0.416 e. The highest BCUT2D eigenvalue weighted by molar-refractivity contribution is 5.33. The van der Waals surface area contributed by atoms with Gasteiger partial charge in [0.05, 0.1) is 17.9 Å². The van der Waals surface area contributed by atoms with Crippen LogP contribution < -0.4 is 0 Å². The molecule has 2 aromatic rings. The highest BCUT2D eigenvalue weighted by Gasteiger charge is 2.33. The molecule has 144 valence electrons. The van der Waals surface area contributed by atoms with Crippen molar-refractivity contribution in [1.29, 1.82) is 0 Å². The van der Waals surface area contributed by atoms with Gasteiger partial charge in [0, 0.05) is 31.7 Å². The second kappa shape index (κ2) is 7.60. The number of ether oxygens (including phenoxy) is 1. The van der Waals surface area contributed by atoms with Crippen LogP contribution in [0.4, 0.5) is 13.2 Å². The van der Waals surface area contributed by atoms with Crippen LogP contribution in [0.5, 0.6) is 0 Å². The van der Waals surface area contributed by atoms with Gasteiger partial charge in [-0.1, -0.05) is 24.3 Å². The van der Waals surface area contributed by atoms with Crippen molar-refractivity contribution in [1.82, 2.24) is 9.88 Å². The van der Waals surface area contributed by atoms with Crippen LogP contribution in [0.1, 0.15) is 41.5 Å². The fourth-order valence-corrected chi connectivity index (χ4v) is 3.63. The van der Waals surface area contributed by atoms with E-state index >= 15 is 0 Å². The summed E-state index contributed by atoms with van der Waals surface area (Å²) >= 11 is 0. The molecule has 1 aliphatic heterocycles. The van der Waals surface area contributed by atoms with Crippen molar-refractivity contribution < 1.29 is 17.9 Å². The van der Waals surface area contributed by atoms with E-state index in [1.54, 1.807) is 12.1 Å². The molecule has 1 saturated carbocycles. The monoisotopic (exact) mass is 376 g/mol. The Balaban J connectivity index is 1.50. The fraction of sp³-hybridized carbons (Fsp3) is 0.476. The SMILES string of the molecule is FC(F)(F)c1ccccc1Cc1cccc([C@@H]2CN(CC3CC3)CCO2)n1. The zero-order valence-electron chi connectivity index (χ0n) is 15.1. The van der Waals surface area contributed by atoms with Crippen LogP contribution in [0, 0.1) is 5.92 Å². The van der Waals surface area contributed by atoms with Crippen molar-refractivity contribution in [2.45, 2.75) is 31.5 Å². The molecule has 4 rings (SSSR count). The Morgan fingerprint density at radius 1 is 1.07 bits per heavy atom. The highest BCUT2D eigenvalue weighted by atomic mass is 19.4. The van der Waals surface area contributed by atoms with Crippen molar-refractivity contribution in [2.75, 3.05) is 26.2 Å². The van der Waals surface area contributed by atoms with E-state index in [0.29, 0.717) is 12.3 Å². The minimum absolute atomic E-state index is 0.115. The fourth-order valence-electron chi connectivity index (χ4n) is 3.63. The molecule has 1 atom stereocenters. The molecule has 1 aromatic carbocycles. The molecule has 27 heavy (non-hydrogen) atoms. The van der Waals surface area contributed by atoms with E-state index in [-0.39, 0.29) is 18.1 Å². The third-order valence-electron chi connectivity index (χ3n) is 5.22. The summed E-state index contributed by atoms with van der Waals surface area (Å²) in [6.07, 6.45) is -1.69. The minimum atomic E-state index is -4.36. The predicted octanol–water partition coefficient (Wildman–Crippen LogP) is 4.47. The lowest BCUT2D eigenvalue weighted by atomic mass is 10.0. The van der Waals surface area contributed by atoms with E-state index in [1.165, 1.54) is 25.0 Å². The number of rotatable bonds is 5. The average Bonchev–Trinajstić information content (AvgIpc) is 3.46. The smallest absolute Gasteiger partial charge is 0.369 e. The average molecular weight is 376 g/mol. The van der Waals surface area contributed by atoms with Gasteiger partial charge in [-0.2, -0.15) is 13.2 Å². The van der Waals surface area contributed by atoms with Gasteiger partial charge in [0.2, 0.25) is 0 Å². The number of halogens is 3. The van der Waals surface area contributed by atoms with Gasteiger partial charge in [-0.25, -0.2) is 0 Å². The summed E-state index contributed by atoms with van der Waals surface area (Å²) in [7, 11) is 0. The summed E-state index contributed by atoms with van der Waals surface area (Å²) in [5, 5.41) is 0. The molecule has 2 heterocycles. The van der Waals surface area contributed by atoms with Gasteiger partial charge in [-0.3, -0.25) is 9.88 Å². The van der Waals surface area contributed by atoms with Gasteiger partial charge >= 0.3 is 6.18 Å². The molecule has 2 aliphatic rings. The van der Waals surface area contributed by atoms with E-state index in [2.05, 4.69) is 9.88 Å². The van der Waals surface area contributed by atoms with Crippen LogP contribution >= 0.6 is 0 Å². The number of hydrogen-bond acceptors (Lipinski definition) is 3. The number of benzene rings is 1. The van der Waals surface area contributed by atoms with Crippen LogP contribution in [0.25, 0.3) is 0 Å². The Hall–Kier alpha value is -1.92. The van der Waals surface area contributed by atoms with E-state index in [0.717, 1.165) is 37.3 Å². The van der Waals surface area contributed by atoms with Crippen molar-refractivity contribution in [3.8, 4) is 0 Å². The Bertz CT molecular complexity index is 789. The first-order valence-electron chi connectivity index (χ1n) is 9.44. The van der Waals surface area contributed by atoms with Crippen LogP contribution in [0.3, 0.4) is 0 Å². The Morgan fingerprint density at radius 2 is 1.89 bits per heavy atom. The lowest BCUT2D eigenvalue weighted by Crippen LogP contribution is -2.39. The Kier molecular flexibility index (Phi) is 5.19. The number of aromatic nitrogens is 1. The maximum atomic E-state index is 13.2. The number of nitrogens with zero attached hydrogens (tertiary/aromatic N) is 2. The van der Waals surface area contributed by atoms with Gasteiger partial charge < -0.3 is 4.74 Å². The van der Waals surface area contributed by atoms with Crippen LogP contribution in [-0.2, 0) is 17.3 Å². The van der Waals surface area contributed by atoms with E-state index < -0.39 is 11.7 Å². The summed E-state index contributed by atoms with van der Waals surface area (Å²) in [6, 6.07) is 11.2. The second-order valence-corrected chi connectivity index (χ2v) is 7.45. The molecule has 0 spiro atoms. The molecule has 1 saturated heterocycles. The Morgan fingerprint density at radius 3 is 2.67 bits per heavy atom. The molecule has 0 amide bonds. The standard InChI is InChI=1S/C21H23F3N2O/c22-21(23,24)18-6-2-1-4-16(18)12-17-5-3-7-19(25-17)20-14-26(10-11-27-20)13-15-8-9-15/h1-7,15,20H,8-14H2/t20-/m0/s1. The number of pyridine rings is 1. The van der Waals surface area contributed by atoms with Crippen LogP contribution in [0.2, 0.25) is 0 Å². The Labute approximate surface area is 157 Å². The van der Waals surface area contributed by atoms with Crippen molar-refractivity contribution >= 4 is 0 Å². The van der Waals surface area contributed by atoms with Gasteiger partial charge in [-0.15, -0.1) is 0 Å². The zero-order chi connectivity index (χ0) is 18.9. The third kappa shape index (κ3) is 4.68. The topological polar surface area (TPSA) is 25.4 Å². The lowest BCUT2D eigenvalue weighted by molar-refractivity contribution is -0.138. The summed E-state index contributed by atoms with van der Waals surface area (Å²) < 4.78 is 45.6. The molecule has 1 aliphatic carbocycles. The molecular weight excluding hydrogens is 353 g/mol. The highest BCUT2D eigenvalue weighted by Crippen LogP contribution is 2.33. The minimum Gasteiger partial charge on any atom is -0.369 e. The number of alkyl halides is 3. The molecule has 6 heteroatoms. The zero-order valence-corrected chi connectivity index (χ0v) is 15.1. The predicted molar refractivity (Wildman–Crippen MR) is 96.3 cm³/mol. The number of morpholine rings is 1. The van der Waals surface area contributed by atoms with Crippen LogP contribution in [0.15, 0.2) is 42.5 Å². The molecule has 0 N–H and O–H groups in total. The van der Waals surface area contributed by atoms with Crippen molar-refractivity contribution in [3.63, 3.8) is 0 Å². The molecule has 2 fully saturated rings. The normalized spacial score (nSPS) is 21.4. The first-order chi connectivity index (χ1) is 13.0. The molecular formula is C21H23F3N2O. The quantitative estimate of drug-likeness (QED) is 0.770. The summed E-state index contributed by atoms with van der Waals surface area (Å²) in [5.41, 5.74) is 1.08. The van der Waals surface area contributed by atoms with Gasteiger partial charge in [-0.05, 0) is 42.5 Å². The number of hydrogen-bond donors (Lipinski definition) is 0. The second-order valence-electron chi connectivity index (χ2n) is 7.45. The molecule has 0 unspecified atom stereocenters. The molecule has 0 bridgehead atoms. The van der Waals surface area contributed by atoms with Gasteiger partial charge in [0.15, 0.2) is 0 Å². The first-order valence-corrected chi connectivity index (χ1v) is 9.44. The summed E-state index contributed by atoms with van der Waals surface area (Å²) in [4.78, 5) is 7.04. The van der Waals surface area contributed by atoms with Crippen molar-refractivity contribution in [2.24, 2.45) is 5.92 Å². The van der Waals surface area contributed by atoms with Gasteiger partial charge in [0.1, 0.15) is 6.10 Å². The molecule has 3 nitrogen and oxygen atoms in total. The van der Waals surface area contributed by atoms with Gasteiger partial charge in [0.25, 0.3) is 0 Å². The maximum absolute atomic E-state index is 13.2. The summed E-state index contributed by atoms with van der Waals surface area (Å²) in [6.45, 7) is 3.51. The van der Waals surface area contributed by atoms with Crippen LogP contribution in [-0.4, -0.2) is 36.1 Å².